The van der Waals surface area contributed by atoms with Crippen LogP contribution in [0.5, 0.6) is 0 Å². The number of rotatable bonds is 13. The summed E-state index contributed by atoms with van der Waals surface area (Å²) in [6, 6.07) is 0. The van der Waals surface area contributed by atoms with E-state index in [-0.39, 0.29) is 17.9 Å². The summed E-state index contributed by atoms with van der Waals surface area (Å²) < 4.78 is 0. The third kappa shape index (κ3) is 28.1. The van der Waals surface area contributed by atoms with Crippen LogP contribution in [-0.2, 0) is 0 Å². The van der Waals surface area contributed by atoms with E-state index in [2.05, 4.69) is 51.3 Å². The van der Waals surface area contributed by atoms with Crippen molar-refractivity contribution in [2.45, 2.75) is 72.6 Å². The van der Waals surface area contributed by atoms with Gasteiger partial charge in [0.15, 0.2) is 17.9 Å². The number of nitrogens with zero attached hydrogens (tertiary/aromatic N) is 4. The molecule has 0 aromatic rings. The molecule has 0 aromatic heterocycles. The predicted molar refractivity (Wildman–Crippen MR) is 162 cm³/mol. The van der Waals surface area contributed by atoms with Crippen molar-refractivity contribution >= 4 is 17.9 Å². The summed E-state index contributed by atoms with van der Waals surface area (Å²) in [5, 5.41) is 6.55. The summed E-state index contributed by atoms with van der Waals surface area (Å²) in [5.41, 5.74) is 31.1. The van der Waals surface area contributed by atoms with Crippen LogP contribution < -0.4 is 45.0 Å². The molecule has 12 heteroatoms. The maximum absolute atomic E-state index is 5.25. The van der Waals surface area contributed by atoms with E-state index in [0.29, 0.717) is 12.0 Å². The molecule has 0 bridgehead atoms. The lowest BCUT2D eigenvalue weighted by Crippen LogP contribution is -2.29. The van der Waals surface area contributed by atoms with Crippen LogP contribution in [-0.4, -0.2) is 88.2 Å². The topological polar surface area (TPSA) is 220 Å². The van der Waals surface area contributed by atoms with E-state index in [9.17, 15) is 0 Å². The second-order valence-corrected chi connectivity index (χ2v) is 9.24. The number of likely N-dealkylation sites (tertiary alicyclic amines) is 1. The number of nitrogens with two attached hydrogens (primary N) is 6. The molecule has 0 spiro atoms. The van der Waals surface area contributed by atoms with Crippen LogP contribution in [0.4, 0.5) is 0 Å². The second kappa shape index (κ2) is 25.3. The summed E-state index contributed by atoms with van der Waals surface area (Å²) in [6.45, 7) is 18.6. The van der Waals surface area contributed by atoms with E-state index in [0.717, 1.165) is 52.1 Å². The minimum Gasteiger partial charge on any atom is -0.370 e. The zero-order valence-electron chi connectivity index (χ0n) is 24.3. The van der Waals surface area contributed by atoms with Crippen molar-refractivity contribution in [1.29, 1.82) is 0 Å². The Labute approximate surface area is 226 Å². The third-order valence-corrected chi connectivity index (χ3v) is 5.94. The van der Waals surface area contributed by atoms with Gasteiger partial charge in [0.1, 0.15) is 0 Å². The highest BCUT2D eigenvalue weighted by molar-refractivity contribution is 5.76. The first-order valence-electron chi connectivity index (χ1n) is 14.0. The van der Waals surface area contributed by atoms with Gasteiger partial charge in [0, 0.05) is 26.2 Å². The highest BCUT2D eigenvalue weighted by Crippen LogP contribution is 2.48. The summed E-state index contributed by atoms with van der Waals surface area (Å²) in [4.78, 5) is 13.9. The van der Waals surface area contributed by atoms with Gasteiger partial charge in [-0.25, -0.2) is 0 Å². The molecule has 14 N–H and O–H groups in total. The molecule has 0 aromatic carbocycles. The van der Waals surface area contributed by atoms with Crippen molar-refractivity contribution in [3.8, 4) is 0 Å². The molecule has 220 valence electrons. The molecule has 12 nitrogen and oxygen atoms in total. The standard InChI is InChI=1S/C9H20N4.C7H15N.C6H16N4.C3H9N3/c1-2-12-7-9(3-4-9)5-6-13-8(10)11;1-2-8-6-4-3-5-7-8;1-2-9-4-3-5-10-6(7)8;1-2-6-3(4)5/h12H,2-7H2,1H3,(H4,10,11,13);2-7H2,1H3;9H,2-5H2,1H3,(H4,7,8,10);2H2,1H3,(H4,4,5,6). The predicted octanol–water partition coefficient (Wildman–Crippen LogP) is 0.0709. The lowest BCUT2D eigenvalue weighted by atomic mass is 10.0. The molecule has 37 heavy (non-hydrogen) atoms. The van der Waals surface area contributed by atoms with Crippen molar-refractivity contribution in [1.82, 2.24) is 15.5 Å². The highest BCUT2D eigenvalue weighted by Gasteiger charge is 2.41. The Kier molecular flexibility index (Phi) is 25.2. The number of aliphatic imine (C=N–C) groups is 3. The molecule has 0 radical (unpaired) electrons. The normalized spacial score (nSPS) is 15.2. The second-order valence-electron chi connectivity index (χ2n) is 9.24. The van der Waals surface area contributed by atoms with Crippen molar-refractivity contribution in [3.05, 3.63) is 0 Å². The van der Waals surface area contributed by atoms with Gasteiger partial charge in [-0.3, -0.25) is 15.0 Å². The molecule has 1 heterocycles. The van der Waals surface area contributed by atoms with Gasteiger partial charge in [-0.2, -0.15) is 0 Å². The van der Waals surface area contributed by atoms with Crippen LogP contribution in [0.3, 0.4) is 0 Å². The number of piperidine rings is 1. The van der Waals surface area contributed by atoms with Crippen molar-refractivity contribution in [2.24, 2.45) is 54.8 Å². The largest absolute Gasteiger partial charge is 0.370 e. The van der Waals surface area contributed by atoms with E-state index >= 15 is 0 Å². The molecular formula is C25H60N12. The fourth-order valence-corrected chi connectivity index (χ4v) is 3.55. The molecule has 2 aliphatic rings. The number of nitrogens with one attached hydrogen (secondary N) is 2. The lowest BCUT2D eigenvalue weighted by Gasteiger charge is -2.24. The van der Waals surface area contributed by atoms with Crippen LogP contribution in [0.15, 0.2) is 15.0 Å². The van der Waals surface area contributed by atoms with E-state index in [1.807, 2.05) is 6.92 Å². The SMILES string of the molecule is CCN1CCCCC1.CCN=C(N)N.CCNCC1(CCN=C(N)N)CC1.CCNCCCN=C(N)N. The molecule has 1 saturated carbocycles. The van der Waals surface area contributed by atoms with Gasteiger partial charge >= 0.3 is 0 Å². The summed E-state index contributed by atoms with van der Waals surface area (Å²) in [7, 11) is 0. The van der Waals surface area contributed by atoms with Crippen LogP contribution in [0.25, 0.3) is 0 Å². The Hall–Kier alpha value is -2.31. The molecule has 2 fully saturated rings. The Morgan fingerprint density at radius 3 is 1.65 bits per heavy atom. The summed E-state index contributed by atoms with van der Waals surface area (Å²) >= 11 is 0. The fraction of sp³-hybridized carbons (Fsp3) is 0.880. The molecule has 1 aliphatic carbocycles. The molecule has 0 amide bonds. The average Bonchev–Trinajstić information content (AvgIpc) is 3.63. The first-order chi connectivity index (χ1) is 17.7. The lowest BCUT2D eigenvalue weighted by molar-refractivity contribution is 0.240. The molecule has 2 rings (SSSR count). The van der Waals surface area contributed by atoms with Crippen molar-refractivity contribution in [3.63, 3.8) is 0 Å². The maximum Gasteiger partial charge on any atom is 0.185 e. The molecule has 0 atom stereocenters. The number of guanidine groups is 3. The smallest absolute Gasteiger partial charge is 0.185 e. The maximum atomic E-state index is 5.25. The van der Waals surface area contributed by atoms with Gasteiger partial charge in [0.25, 0.3) is 0 Å². The summed E-state index contributed by atoms with van der Waals surface area (Å²) in [5.74, 6) is 0.549. The summed E-state index contributed by atoms with van der Waals surface area (Å²) in [6.07, 6.45) is 9.04. The Morgan fingerprint density at radius 2 is 1.27 bits per heavy atom. The zero-order valence-corrected chi connectivity index (χ0v) is 24.3. The van der Waals surface area contributed by atoms with Gasteiger partial charge in [-0.05, 0) is 90.1 Å². The van der Waals surface area contributed by atoms with E-state index in [1.54, 1.807) is 0 Å². The van der Waals surface area contributed by atoms with Crippen molar-refractivity contribution < 1.29 is 0 Å². The Bertz CT molecular complexity index is 584. The molecule has 0 unspecified atom stereocenters. The first kappa shape index (κ1) is 36.8. The van der Waals surface area contributed by atoms with Crippen molar-refractivity contribution in [2.75, 3.05) is 65.4 Å². The molecular weight excluding hydrogens is 468 g/mol. The van der Waals surface area contributed by atoms with Gasteiger partial charge in [0.05, 0.1) is 0 Å². The minimum atomic E-state index is 0.164. The average molecular weight is 529 g/mol. The van der Waals surface area contributed by atoms with Crippen LogP contribution in [0, 0.1) is 5.41 Å². The quantitative estimate of drug-likeness (QED) is 0.0918. The van der Waals surface area contributed by atoms with Crippen LogP contribution >= 0.6 is 0 Å². The van der Waals surface area contributed by atoms with Crippen LogP contribution in [0.2, 0.25) is 0 Å². The van der Waals surface area contributed by atoms with Gasteiger partial charge in [-0.15, -0.1) is 0 Å². The zero-order chi connectivity index (χ0) is 28.4. The number of hydrogen-bond acceptors (Lipinski definition) is 6. The highest BCUT2D eigenvalue weighted by atomic mass is 15.1. The van der Waals surface area contributed by atoms with Gasteiger partial charge in [-0.1, -0.05) is 27.2 Å². The van der Waals surface area contributed by atoms with Gasteiger partial charge in [0.2, 0.25) is 0 Å². The number of hydrogen-bond donors (Lipinski definition) is 8. The van der Waals surface area contributed by atoms with Crippen LogP contribution in [0.1, 0.15) is 72.6 Å². The minimum absolute atomic E-state index is 0.164. The van der Waals surface area contributed by atoms with Gasteiger partial charge < -0.3 is 49.9 Å². The van der Waals surface area contributed by atoms with E-state index in [1.165, 1.54) is 51.7 Å². The first-order valence-corrected chi connectivity index (χ1v) is 14.0. The monoisotopic (exact) mass is 529 g/mol. The molecule has 1 aliphatic heterocycles. The molecule has 1 saturated heterocycles. The van der Waals surface area contributed by atoms with E-state index in [4.69, 9.17) is 34.4 Å². The fourth-order valence-electron chi connectivity index (χ4n) is 3.55. The third-order valence-electron chi connectivity index (χ3n) is 5.94. The Balaban J connectivity index is 0. The Morgan fingerprint density at radius 1 is 0.730 bits per heavy atom. The van der Waals surface area contributed by atoms with E-state index < -0.39 is 0 Å².